The molecule has 3 rings (SSSR count). The van der Waals surface area contributed by atoms with E-state index in [1.807, 2.05) is 24.3 Å². The fraction of sp³-hybridized carbons (Fsp3) is 0.278. The second kappa shape index (κ2) is 7.21. The summed E-state index contributed by atoms with van der Waals surface area (Å²) in [6.45, 7) is 2.39. The van der Waals surface area contributed by atoms with Crippen LogP contribution in [0.2, 0.25) is 0 Å². The summed E-state index contributed by atoms with van der Waals surface area (Å²) < 4.78 is 10.6. The van der Waals surface area contributed by atoms with Gasteiger partial charge in [0.25, 0.3) is 5.69 Å². The molecule has 2 aromatic carbocycles. The Morgan fingerprint density at radius 3 is 2.92 bits per heavy atom. The van der Waals surface area contributed by atoms with Crippen LogP contribution in [0.3, 0.4) is 0 Å². The summed E-state index contributed by atoms with van der Waals surface area (Å²) >= 11 is 0. The Bertz CT molecular complexity index is 806. The number of nitro benzene ring substituents is 1. The fourth-order valence-corrected chi connectivity index (χ4v) is 2.85. The van der Waals surface area contributed by atoms with E-state index < -0.39 is 10.9 Å². The highest BCUT2D eigenvalue weighted by atomic mass is 16.6. The van der Waals surface area contributed by atoms with Crippen LogP contribution in [0.25, 0.3) is 0 Å². The van der Waals surface area contributed by atoms with Gasteiger partial charge in [-0.05, 0) is 25.1 Å². The summed E-state index contributed by atoms with van der Waals surface area (Å²) in [5.74, 6) is 0.115. The van der Waals surface area contributed by atoms with Crippen LogP contribution < -0.4 is 10.1 Å². The standard InChI is InChI=1S/C18H18N2O5/c1-2-24-18(21)14-11-12(7-8-16(14)20(22)23)19-15-9-10-25-17-6-4-3-5-13(15)17/h3-8,11,15,19H,2,9-10H2,1H3. The number of esters is 1. The van der Waals surface area contributed by atoms with Gasteiger partial charge in [-0.2, -0.15) is 0 Å². The maximum atomic E-state index is 12.0. The molecule has 1 aliphatic rings. The highest BCUT2D eigenvalue weighted by Crippen LogP contribution is 2.35. The molecule has 0 aliphatic carbocycles. The van der Waals surface area contributed by atoms with Gasteiger partial charge in [0.15, 0.2) is 0 Å². The van der Waals surface area contributed by atoms with Crippen molar-refractivity contribution in [2.45, 2.75) is 19.4 Å². The minimum Gasteiger partial charge on any atom is -0.493 e. The van der Waals surface area contributed by atoms with Crippen molar-refractivity contribution < 1.29 is 19.2 Å². The SMILES string of the molecule is CCOC(=O)c1cc(NC2CCOc3ccccc32)ccc1[N+](=O)[O-]. The molecule has 0 saturated carbocycles. The Morgan fingerprint density at radius 2 is 2.16 bits per heavy atom. The summed E-state index contributed by atoms with van der Waals surface area (Å²) in [4.78, 5) is 22.6. The lowest BCUT2D eigenvalue weighted by Gasteiger charge is -2.27. The predicted octanol–water partition coefficient (Wildman–Crippen LogP) is 3.71. The Balaban J connectivity index is 1.90. The first-order valence-corrected chi connectivity index (χ1v) is 8.04. The summed E-state index contributed by atoms with van der Waals surface area (Å²) in [5, 5.41) is 14.5. The minimum absolute atomic E-state index is 0.00134. The molecule has 1 heterocycles. The van der Waals surface area contributed by atoms with Crippen molar-refractivity contribution in [3.63, 3.8) is 0 Å². The summed E-state index contributed by atoms with van der Waals surface area (Å²) in [7, 11) is 0. The number of benzene rings is 2. The zero-order chi connectivity index (χ0) is 17.8. The topological polar surface area (TPSA) is 90.7 Å². The van der Waals surface area contributed by atoms with Crippen LogP contribution in [-0.4, -0.2) is 24.1 Å². The van der Waals surface area contributed by atoms with Crippen molar-refractivity contribution in [1.82, 2.24) is 0 Å². The van der Waals surface area contributed by atoms with E-state index in [1.165, 1.54) is 12.1 Å². The number of carbonyl (C=O) groups is 1. The minimum atomic E-state index is -0.703. The van der Waals surface area contributed by atoms with Crippen LogP contribution in [0.15, 0.2) is 42.5 Å². The summed E-state index contributed by atoms with van der Waals surface area (Å²) in [5.41, 5.74) is 1.31. The first-order valence-electron chi connectivity index (χ1n) is 8.04. The molecule has 1 atom stereocenters. The predicted molar refractivity (Wildman–Crippen MR) is 92.0 cm³/mol. The van der Waals surface area contributed by atoms with Gasteiger partial charge in [0.1, 0.15) is 11.3 Å². The molecule has 0 spiro atoms. The Kier molecular flexibility index (Phi) is 4.83. The third kappa shape index (κ3) is 3.55. The van der Waals surface area contributed by atoms with E-state index in [4.69, 9.17) is 9.47 Å². The maximum absolute atomic E-state index is 12.0. The molecule has 0 radical (unpaired) electrons. The number of rotatable bonds is 5. The van der Waals surface area contributed by atoms with Crippen LogP contribution in [0, 0.1) is 10.1 Å². The number of ether oxygens (including phenoxy) is 2. The van der Waals surface area contributed by atoms with E-state index in [-0.39, 0.29) is 23.9 Å². The Labute approximate surface area is 144 Å². The molecule has 25 heavy (non-hydrogen) atoms. The van der Waals surface area contributed by atoms with Crippen LogP contribution in [0.4, 0.5) is 11.4 Å². The number of para-hydroxylation sites is 1. The van der Waals surface area contributed by atoms with Gasteiger partial charge < -0.3 is 14.8 Å². The molecule has 0 aromatic heterocycles. The number of hydrogen-bond donors (Lipinski definition) is 1. The van der Waals surface area contributed by atoms with Gasteiger partial charge in [0.05, 0.1) is 24.2 Å². The van der Waals surface area contributed by atoms with E-state index in [9.17, 15) is 14.9 Å². The fourth-order valence-electron chi connectivity index (χ4n) is 2.85. The van der Waals surface area contributed by atoms with Gasteiger partial charge in [-0.1, -0.05) is 18.2 Å². The molecule has 0 saturated heterocycles. The van der Waals surface area contributed by atoms with Crippen molar-refractivity contribution in [3.05, 3.63) is 63.7 Å². The molecule has 0 bridgehead atoms. The van der Waals surface area contributed by atoms with Gasteiger partial charge in [-0.25, -0.2) is 4.79 Å². The van der Waals surface area contributed by atoms with Crippen LogP contribution in [0.1, 0.15) is 35.3 Å². The highest BCUT2D eigenvalue weighted by molar-refractivity contribution is 5.95. The van der Waals surface area contributed by atoms with Crippen LogP contribution in [0.5, 0.6) is 5.75 Å². The lowest BCUT2D eigenvalue weighted by Crippen LogP contribution is -2.20. The van der Waals surface area contributed by atoms with Crippen molar-refractivity contribution in [3.8, 4) is 5.75 Å². The van der Waals surface area contributed by atoms with Crippen LogP contribution in [-0.2, 0) is 4.74 Å². The molecule has 2 aromatic rings. The van der Waals surface area contributed by atoms with E-state index in [1.54, 1.807) is 13.0 Å². The number of carbonyl (C=O) groups excluding carboxylic acids is 1. The Hall–Kier alpha value is -3.09. The number of fused-ring (bicyclic) bond motifs is 1. The van der Waals surface area contributed by atoms with Crippen molar-refractivity contribution >= 4 is 17.3 Å². The molecule has 1 unspecified atom stereocenters. The highest BCUT2D eigenvalue weighted by Gasteiger charge is 2.24. The van der Waals surface area contributed by atoms with Gasteiger partial charge in [0, 0.05) is 23.7 Å². The van der Waals surface area contributed by atoms with Crippen molar-refractivity contribution in [2.24, 2.45) is 0 Å². The average molecular weight is 342 g/mol. The summed E-state index contributed by atoms with van der Waals surface area (Å²) in [6, 6.07) is 12.1. The number of anilines is 1. The van der Waals surface area contributed by atoms with Gasteiger partial charge in [0.2, 0.25) is 0 Å². The molecule has 7 heteroatoms. The lowest BCUT2D eigenvalue weighted by molar-refractivity contribution is -0.385. The van der Waals surface area contributed by atoms with Gasteiger partial charge in [-0.3, -0.25) is 10.1 Å². The van der Waals surface area contributed by atoms with Crippen LogP contribution >= 0.6 is 0 Å². The second-order valence-electron chi connectivity index (χ2n) is 5.58. The summed E-state index contributed by atoms with van der Waals surface area (Å²) in [6.07, 6.45) is 0.753. The largest absolute Gasteiger partial charge is 0.493 e. The average Bonchev–Trinajstić information content (AvgIpc) is 2.62. The first kappa shape index (κ1) is 16.8. The molecular formula is C18H18N2O5. The third-order valence-corrected chi connectivity index (χ3v) is 3.99. The molecule has 1 aliphatic heterocycles. The quantitative estimate of drug-likeness (QED) is 0.506. The number of nitrogens with zero attached hydrogens (tertiary/aromatic N) is 1. The van der Waals surface area contributed by atoms with E-state index in [0.717, 1.165) is 17.7 Å². The molecule has 1 N–H and O–H groups in total. The molecule has 0 amide bonds. The number of nitrogens with one attached hydrogen (secondary N) is 1. The maximum Gasteiger partial charge on any atom is 0.345 e. The zero-order valence-electron chi connectivity index (χ0n) is 13.7. The van der Waals surface area contributed by atoms with E-state index in [2.05, 4.69) is 5.32 Å². The molecular weight excluding hydrogens is 324 g/mol. The van der Waals surface area contributed by atoms with Gasteiger partial charge >= 0.3 is 5.97 Å². The Morgan fingerprint density at radius 1 is 1.36 bits per heavy atom. The van der Waals surface area contributed by atoms with Gasteiger partial charge in [-0.15, -0.1) is 0 Å². The lowest BCUT2D eigenvalue weighted by atomic mass is 10.00. The second-order valence-corrected chi connectivity index (χ2v) is 5.58. The first-order chi connectivity index (χ1) is 12.1. The smallest absolute Gasteiger partial charge is 0.345 e. The molecule has 7 nitrogen and oxygen atoms in total. The van der Waals surface area contributed by atoms with Crippen molar-refractivity contribution in [1.29, 1.82) is 0 Å². The zero-order valence-corrected chi connectivity index (χ0v) is 13.7. The third-order valence-electron chi connectivity index (χ3n) is 3.99. The molecule has 130 valence electrons. The van der Waals surface area contributed by atoms with E-state index >= 15 is 0 Å². The monoisotopic (exact) mass is 342 g/mol. The normalized spacial score (nSPS) is 15.6. The van der Waals surface area contributed by atoms with E-state index in [0.29, 0.717) is 12.3 Å². The number of hydrogen-bond acceptors (Lipinski definition) is 6. The van der Waals surface area contributed by atoms with Crippen molar-refractivity contribution in [2.75, 3.05) is 18.5 Å². The molecule has 0 fully saturated rings. The number of nitro groups is 1.